The van der Waals surface area contributed by atoms with Gasteiger partial charge >= 0.3 is 6.01 Å². The van der Waals surface area contributed by atoms with Crippen LogP contribution in [-0.4, -0.2) is 109 Å². The number of carbonyl (C=O) groups excluding carboxylic acids is 1. The van der Waals surface area contributed by atoms with E-state index in [-0.39, 0.29) is 13.0 Å². The summed E-state index contributed by atoms with van der Waals surface area (Å²) in [6.45, 7) is 8.75. The molecule has 0 radical (unpaired) electrons. The minimum absolute atomic E-state index is 0.0739. The molecule has 0 spiro atoms. The molecule has 0 aliphatic carbocycles. The Morgan fingerprint density at radius 3 is 2.67 bits per heavy atom. The van der Waals surface area contributed by atoms with Crippen LogP contribution in [-0.2, 0) is 17.8 Å². The van der Waals surface area contributed by atoms with Gasteiger partial charge < -0.3 is 24.3 Å². The molecule has 3 aromatic rings. The molecule has 2 saturated heterocycles. The second kappa shape index (κ2) is 13.2. The van der Waals surface area contributed by atoms with Crippen LogP contribution in [0.5, 0.6) is 6.01 Å². The lowest BCUT2D eigenvalue weighted by molar-refractivity contribution is -0.131. The quantitative estimate of drug-likeness (QED) is 0.326. The number of halogens is 2. The predicted molar refractivity (Wildman–Crippen MR) is 173 cm³/mol. The van der Waals surface area contributed by atoms with Crippen molar-refractivity contribution < 1.29 is 13.9 Å². The molecule has 1 amide bonds. The molecular weight excluding hydrogens is 595 g/mol. The number of amides is 1. The number of benzene rings is 2. The van der Waals surface area contributed by atoms with Gasteiger partial charge in [-0.2, -0.15) is 15.2 Å². The number of aromatic nitrogens is 2. The first-order valence-electron chi connectivity index (χ1n) is 15.3. The van der Waals surface area contributed by atoms with Gasteiger partial charge in [0.05, 0.1) is 35.8 Å². The lowest BCUT2D eigenvalue weighted by Gasteiger charge is -2.42. The first-order chi connectivity index (χ1) is 21.7. The smallest absolute Gasteiger partial charge is 0.318 e. The highest BCUT2D eigenvalue weighted by atomic mass is 35.5. The van der Waals surface area contributed by atoms with Gasteiger partial charge in [-0.15, -0.1) is 0 Å². The maximum atomic E-state index is 13.8. The minimum Gasteiger partial charge on any atom is -0.462 e. The van der Waals surface area contributed by atoms with Crippen molar-refractivity contribution in [2.75, 3.05) is 76.3 Å². The van der Waals surface area contributed by atoms with Gasteiger partial charge in [-0.25, -0.2) is 4.39 Å². The average Bonchev–Trinajstić information content (AvgIpc) is 3.02. The average molecular weight is 633 g/mol. The summed E-state index contributed by atoms with van der Waals surface area (Å²) in [6, 6.07) is 14.6. The molecule has 4 heterocycles. The molecule has 6 rings (SSSR count). The Morgan fingerprint density at radius 2 is 1.93 bits per heavy atom. The van der Waals surface area contributed by atoms with Crippen LogP contribution >= 0.6 is 11.6 Å². The van der Waals surface area contributed by atoms with Crippen LogP contribution < -0.4 is 14.5 Å². The van der Waals surface area contributed by atoms with Gasteiger partial charge in [0.15, 0.2) is 5.83 Å². The molecule has 10 nitrogen and oxygen atoms in total. The fraction of sp³-hybridized carbons (Fsp3) is 0.455. The van der Waals surface area contributed by atoms with Crippen molar-refractivity contribution >= 4 is 39.8 Å². The molecule has 12 heteroatoms. The molecule has 45 heavy (non-hydrogen) atoms. The summed E-state index contributed by atoms with van der Waals surface area (Å²) >= 11 is 6.69. The third-order valence-electron chi connectivity index (χ3n) is 9.14. The lowest BCUT2D eigenvalue weighted by atomic mass is 10.0. The number of fused-ring (bicyclic) bond motifs is 2. The summed E-state index contributed by atoms with van der Waals surface area (Å²) in [5, 5.41) is 12.3. The number of nitrogens with zero attached hydrogens (tertiary/aromatic N) is 8. The van der Waals surface area contributed by atoms with E-state index < -0.39 is 17.8 Å². The van der Waals surface area contributed by atoms with E-state index in [0.29, 0.717) is 49.7 Å². The number of carbonyl (C=O) groups is 1. The van der Waals surface area contributed by atoms with Crippen molar-refractivity contribution in [1.29, 1.82) is 5.26 Å². The van der Waals surface area contributed by atoms with E-state index in [9.17, 15) is 14.4 Å². The van der Waals surface area contributed by atoms with Crippen LogP contribution in [0, 0.1) is 11.3 Å². The molecule has 0 N–H and O–H groups in total. The zero-order valence-electron chi connectivity index (χ0n) is 25.8. The van der Waals surface area contributed by atoms with Crippen molar-refractivity contribution in [2.45, 2.75) is 31.5 Å². The van der Waals surface area contributed by atoms with Crippen molar-refractivity contribution in [3.8, 4) is 12.1 Å². The monoisotopic (exact) mass is 632 g/mol. The Hall–Kier alpha value is -3.98. The van der Waals surface area contributed by atoms with Gasteiger partial charge in [0.1, 0.15) is 12.4 Å². The van der Waals surface area contributed by atoms with Gasteiger partial charge in [-0.1, -0.05) is 42.4 Å². The first kappa shape index (κ1) is 31.0. The summed E-state index contributed by atoms with van der Waals surface area (Å²) in [6.07, 6.45) is 0.761. The predicted octanol–water partition coefficient (Wildman–Crippen LogP) is 3.88. The molecule has 0 bridgehead atoms. The minimum atomic E-state index is -1.02. The van der Waals surface area contributed by atoms with Gasteiger partial charge in [-0.05, 0) is 38.0 Å². The number of nitriles is 1. The van der Waals surface area contributed by atoms with Gasteiger partial charge in [0, 0.05) is 68.5 Å². The zero-order valence-corrected chi connectivity index (χ0v) is 26.5. The summed E-state index contributed by atoms with van der Waals surface area (Å²) in [5.74, 6) is -1.04. The standard InChI is InChI=1S/C33H38ClFN8O2/c1-22(35)32(44)43-15-14-42(20-24(43)10-12-36)31-26-11-13-41(29-9-5-7-23-6-4-8-27(34)30(23)29)21-28(26)37-33(38-31)45-17-16-40(3)25-18-39(2)19-25/h4-9,24-25H,1,10-11,13-21H2,2-3H3/t24-/m0/s1. The van der Waals surface area contributed by atoms with E-state index in [2.05, 4.69) is 64.5 Å². The summed E-state index contributed by atoms with van der Waals surface area (Å²) < 4.78 is 20.0. The zero-order chi connectivity index (χ0) is 31.7. The molecule has 0 saturated carbocycles. The number of hydrogen-bond donors (Lipinski definition) is 0. The number of anilines is 2. The van der Waals surface area contributed by atoms with E-state index in [1.165, 1.54) is 4.90 Å². The maximum Gasteiger partial charge on any atom is 0.318 e. The SMILES string of the molecule is C=C(F)C(=O)N1CCN(c2nc(OCCN(C)C3CN(C)C3)nc3c2CCN(c2cccc4cccc(Cl)c24)C3)C[C@@H]1CC#N. The molecule has 0 unspecified atom stereocenters. The van der Waals surface area contributed by atoms with Crippen LogP contribution in [0.2, 0.25) is 5.02 Å². The lowest BCUT2D eigenvalue weighted by Crippen LogP contribution is -2.57. The highest BCUT2D eigenvalue weighted by molar-refractivity contribution is 6.36. The molecule has 2 aromatic carbocycles. The molecule has 236 valence electrons. The number of likely N-dealkylation sites (N-methyl/N-ethyl adjacent to an activating group) is 2. The summed E-state index contributed by atoms with van der Waals surface area (Å²) in [7, 11) is 4.22. The van der Waals surface area contributed by atoms with Crippen LogP contribution in [0.15, 0.2) is 48.8 Å². The number of hydrogen-bond acceptors (Lipinski definition) is 9. The largest absolute Gasteiger partial charge is 0.462 e. The third-order valence-corrected chi connectivity index (χ3v) is 9.46. The number of piperazine rings is 1. The Morgan fingerprint density at radius 1 is 1.16 bits per heavy atom. The first-order valence-corrected chi connectivity index (χ1v) is 15.7. The molecule has 3 aliphatic heterocycles. The Kier molecular flexibility index (Phi) is 9.08. The number of ether oxygens (including phenoxy) is 1. The van der Waals surface area contributed by atoms with Gasteiger partial charge in [0.2, 0.25) is 0 Å². The highest BCUT2D eigenvalue weighted by Gasteiger charge is 2.35. The van der Waals surface area contributed by atoms with Crippen molar-refractivity contribution in [1.82, 2.24) is 24.7 Å². The van der Waals surface area contributed by atoms with E-state index in [4.69, 9.17) is 26.3 Å². The van der Waals surface area contributed by atoms with E-state index in [0.717, 1.165) is 59.7 Å². The van der Waals surface area contributed by atoms with E-state index in [1.807, 2.05) is 18.2 Å². The fourth-order valence-corrected chi connectivity index (χ4v) is 6.90. The van der Waals surface area contributed by atoms with E-state index in [1.54, 1.807) is 0 Å². The molecule has 2 fully saturated rings. The molecule has 3 aliphatic rings. The second-order valence-electron chi connectivity index (χ2n) is 12.1. The fourth-order valence-electron chi connectivity index (χ4n) is 6.62. The van der Waals surface area contributed by atoms with Gasteiger partial charge in [0.25, 0.3) is 5.91 Å². The van der Waals surface area contributed by atoms with E-state index >= 15 is 0 Å². The Balaban J connectivity index is 1.29. The van der Waals surface area contributed by atoms with Crippen LogP contribution in [0.3, 0.4) is 0 Å². The summed E-state index contributed by atoms with van der Waals surface area (Å²) in [5.41, 5.74) is 2.93. The summed E-state index contributed by atoms with van der Waals surface area (Å²) in [4.78, 5) is 32.7. The van der Waals surface area contributed by atoms with Crippen LogP contribution in [0.4, 0.5) is 15.9 Å². The normalized spacial score (nSPS) is 18.9. The number of rotatable bonds is 9. The third kappa shape index (κ3) is 6.41. The van der Waals surface area contributed by atoms with Crippen molar-refractivity contribution in [3.63, 3.8) is 0 Å². The van der Waals surface area contributed by atoms with Gasteiger partial charge in [-0.3, -0.25) is 9.69 Å². The molecule has 1 aromatic heterocycles. The van der Waals surface area contributed by atoms with Crippen molar-refractivity contribution in [3.05, 3.63) is 65.1 Å². The topological polar surface area (TPSA) is 92.1 Å². The van der Waals surface area contributed by atoms with Crippen LogP contribution in [0.1, 0.15) is 17.7 Å². The molecule has 1 atom stereocenters. The maximum absolute atomic E-state index is 13.8. The van der Waals surface area contributed by atoms with Crippen LogP contribution in [0.25, 0.3) is 10.8 Å². The Labute approximate surface area is 268 Å². The van der Waals surface area contributed by atoms with Crippen molar-refractivity contribution in [2.24, 2.45) is 0 Å². The number of likely N-dealkylation sites (tertiary alicyclic amines) is 1. The molecular formula is C33H38ClFN8O2. The second-order valence-corrected chi connectivity index (χ2v) is 12.5. The highest BCUT2D eigenvalue weighted by Crippen LogP contribution is 2.37. The Bertz CT molecular complexity index is 1640.